The first kappa shape index (κ1) is 25.7. The molecule has 0 aromatic heterocycles. The third-order valence-corrected chi connectivity index (χ3v) is 7.40. The summed E-state index contributed by atoms with van der Waals surface area (Å²) in [7, 11) is 0. The van der Waals surface area contributed by atoms with Crippen LogP contribution in [0.2, 0.25) is 10.0 Å². The van der Waals surface area contributed by atoms with Crippen LogP contribution in [0.1, 0.15) is 41.0 Å². The first-order chi connectivity index (χ1) is 17.0. The number of nitrogens with one attached hydrogen (secondary N) is 1. The van der Waals surface area contributed by atoms with Gasteiger partial charge in [-0.25, -0.2) is 0 Å². The Morgan fingerprint density at radius 2 is 1.69 bits per heavy atom. The predicted octanol–water partition coefficient (Wildman–Crippen LogP) is 6.38. The molecule has 1 heterocycles. The number of nitrogens with zero attached hydrogens (tertiary/aromatic N) is 1. The van der Waals surface area contributed by atoms with E-state index < -0.39 is 6.04 Å². The number of hydrogen-bond acceptors (Lipinski definition) is 3. The molecule has 3 aromatic rings. The molecule has 0 unspecified atom stereocenters. The Labute approximate surface area is 218 Å². The number of aryl methyl sites for hydroxylation is 1. The van der Waals surface area contributed by atoms with Gasteiger partial charge in [-0.15, -0.1) is 0 Å². The lowest BCUT2D eigenvalue weighted by Crippen LogP contribution is -2.50. The van der Waals surface area contributed by atoms with E-state index in [0.29, 0.717) is 29.1 Å². The minimum atomic E-state index is -0.423. The number of rotatable bonds is 9. The summed E-state index contributed by atoms with van der Waals surface area (Å²) in [6.07, 6.45) is 1.96. The van der Waals surface area contributed by atoms with Gasteiger partial charge in [-0.3, -0.25) is 10.1 Å². The van der Waals surface area contributed by atoms with Crippen molar-refractivity contribution in [1.29, 1.82) is 0 Å². The van der Waals surface area contributed by atoms with Gasteiger partial charge < -0.3 is 9.64 Å². The van der Waals surface area contributed by atoms with Crippen molar-refractivity contribution >= 4 is 29.1 Å². The van der Waals surface area contributed by atoms with Crippen LogP contribution in [0.4, 0.5) is 0 Å². The molecule has 4 rings (SSSR count). The summed E-state index contributed by atoms with van der Waals surface area (Å²) in [4.78, 5) is 15.5. The van der Waals surface area contributed by atoms with Gasteiger partial charge in [0, 0.05) is 19.6 Å². The fourth-order valence-corrected chi connectivity index (χ4v) is 4.98. The molecular weight excluding hydrogens is 479 g/mol. The number of likely N-dealkylation sites (tertiary alicyclic amines) is 1. The van der Waals surface area contributed by atoms with E-state index in [1.807, 2.05) is 29.2 Å². The molecule has 0 aliphatic carbocycles. The molecule has 0 bridgehead atoms. The van der Waals surface area contributed by atoms with Gasteiger partial charge in [0.05, 0.1) is 23.3 Å². The molecule has 184 valence electrons. The van der Waals surface area contributed by atoms with Gasteiger partial charge in [0.25, 0.3) is 0 Å². The zero-order chi connectivity index (χ0) is 24.6. The number of amides is 1. The summed E-state index contributed by atoms with van der Waals surface area (Å²) < 4.78 is 5.97. The predicted molar refractivity (Wildman–Crippen MR) is 143 cm³/mol. The molecule has 4 nitrogen and oxygen atoms in total. The van der Waals surface area contributed by atoms with E-state index >= 15 is 0 Å². The van der Waals surface area contributed by atoms with E-state index in [0.717, 1.165) is 37.1 Å². The molecule has 0 spiro atoms. The average molecular weight is 511 g/mol. The maximum absolute atomic E-state index is 13.5. The summed E-state index contributed by atoms with van der Waals surface area (Å²) in [6.45, 7) is 4.93. The van der Waals surface area contributed by atoms with Gasteiger partial charge >= 0.3 is 0 Å². The standard InChI is InChI=1S/C29H32Cl2N2O2/c1-21-7-5-6-10-25(21)24-13-15-33(16-14-24)29(34)28(32-18-22-8-3-2-4-9-22)20-35-19-23-11-12-26(30)27(31)17-23/h2-12,17,24,28,32H,13-16,18-20H2,1H3/t28-/m0/s1. The van der Waals surface area contributed by atoms with E-state index in [4.69, 9.17) is 27.9 Å². The number of hydrogen-bond donors (Lipinski definition) is 1. The highest BCUT2D eigenvalue weighted by Crippen LogP contribution is 2.30. The Morgan fingerprint density at radius 1 is 0.971 bits per heavy atom. The highest BCUT2D eigenvalue weighted by Gasteiger charge is 2.29. The minimum Gasteiger partial charge on any atom is -0.375 e. The van der Waals surface area contributed by atoms with E-state index in [-0.39, 0.29) is 12.5 Å². The summed E-state index contributed by atoms with van der Waals surface area (Å²) in [5.41, 5.74) is 4.79. The van der Waals surface area contributed by atoms with Crippen molar-refractivity contribution < 1.29 is 9.53 Å². The summed E-state index contributed by atoms with van der Waals surface area (Å²) in [5.74, 6) is 0.597. The molecule has 0 radical (unpaired) electrons. The van der Waals surface area contributed by atoms with Crippen LogP contribution in [-0.2, 0) is 22.7 Å². The molecule has 1 atom stereocenters. The first-order valence-electron chi connectivity index (χ1n) is 12.1. The van der Waals surface area contributed by atoms with Crippen LogP contribution in [-0.4, -0.2) is 36.5 Å². The molecule has 1 N–H and O–H groups in total. The Bertz CT molecular complexity index is 1110. The number of halogens is 2. The third-order valence-electron chi connectivity index (χ3n) is 6.67. The Hall–Kier alpha value is -2.37. The monoisotopic (exact) mass is 510 g/mol. The number of carbonyl (C=O) groups excluding carboxylic acids is 1. The lowest BCUT2D eigenvalue weighted by Gasteiger charge is -2.35. The van der Waals surface area contributed by atoms with Crippen LogP contribution in [0.15, 0.2) is 72.8 Å². The largest absolute Gasteiger partial charge is 0.375 e. The molecule has 1 fully saturated rings. The summed E-state index contributed by atoms with van der Waals surface area (Å²) in [6, 6.07) is 23.7. The van der Waals surface area contributed by atoms with Crippen molar-refractivity contribution in [2.24, 2.45) is 0 Å². The van der Waals surface area contributed by atoms with Crippen molar-refractivity contribution in [3.8, 4) is 0 Å². The van der Waals surface area contributed by atoms with Crippen LogP contribution in [0.25, 0.3) is 0 Å². The van der Waals surface area contributed by atoms with Crippen LogP contribution in [0.5, 0.6) is 0 Å². The van der Waals surface area contributed by atoms with Crippen molar-refractivity contribution in [3.05, 3.63) is 105 Å². The van der Waals surface area contributed by atoms with Gasteiger partial charge in [-0.1, -0.05) is 83.9 Å². The maximum Gasteiger partial charge on any atom is 0.242 e. The Kier molecular flexibility index (Phi) is 9.22. The molecule has 1 aliphatic heterocycles. The number of carbonyl (C=O) groups is 1. The SMILES string of the molecule is Cc1ccccc1C1CCN(C(=O)[C@H](COCc2ccc(Cl)c(Cl)c2)NCc2ccccc2)CC1. The van der Waals surface area contributed by atoms with E-state index in [2.05, 4.69) is 48.6 Å². The fraction of sp³-hybridized carbons (Fsp3) is 0.345. The van der Waals surface area contributed by atoms with Gasteiger partial charge in [0.15, 0.2) is 0 Å². The van der Waals surface area contributed by atoms with Gasteiger partial charge in [0.1, 0.15) is 6.04 Å². The van der Waals surface area contributed by atoms with E-state index in [9.17, 15) is 4.79 Å². The quantitative estimate of drug-likeness (QED) is 0.362. The minimum absolute atomic E-state index is 0.0957. The Morgan fingerprint density at radius 3 is 2.40 bits per heavy atom. The summed E-state index contributed by atoms with van der Waals surface area (Å²) in [5, 5.41) is 4.44. The van der Waals surface area contributed by atoms with Crippen molar-refractivity contribution in [3.63, 3.8) is 0 Å². The molecule has 1 amide bonds. The fourth-order valence-electron chi connectivity index (χ4n) is 4.65. The zero-order valence-corrected chi connectivity index (χ0v) is 21.6. The second kappa shape index (κ2) is 12.5. The molecule has 1 aliphatic rings. The number of benzene rings is 3. The first-order valence-corrected chi connectivity index (χ1v) is 12.9. The van der Waals surface area contributed by atoms with Crippen LogP contribution in [0.3, 0.4) is 0 Å². The molecule has 0 saturated carbocycles. The topological polar surface area (TPSA) is 41.6 Å². The summed E-state index contributed by atoms with van der Waals surface area (Å²) >= 11 is 12.1. The highest BCUT2D eigenvalue weighted by molar-refractivity contribution is 6.42. The van der Waals surface area contributed by atoms with Gasteiger partial charge in [0.2, 0.25) is 5.91 Å². The zero-order valence-electron chi connectivity index (χ0n) is 20.1. The van der Waals surface area contributed by atoms with Crippen molar-refractivity contribution in [1.82, 2.24) is 10.2 Å². The number of piperidine rings is 1. The van der Waals surface area contributed by atoms with E-state index in [1.54, 1.807) is 12.1 Å². The highest BCUT2D eigenvalue weighted by atomic mass is 35.5. The van der Waals surface area contributed by atoms with Gasteiger partial charge in [-0.2, -0.15) is 0 Å². The normalized spacial score (nSPS) is 15.2. The Balaban J connectivity index is 1.37. The molecule has 6 heteroatoms. The van der Waals surface area contributed by atoms with Gasteiger partial charge in [-0.05, 0) is 60.1 Å². The maximum atomic E-state index is 13.5. The van der Waals surface area contributed by atoms with Crippen LogP contribution in [0, 0.1) is 6.92 Å². The molecule has 3 aromatic carbocycles. The third kappa shape index (κ3) is 7.08. The van der Waals surface area contributed by atoms with Crippen molar-refractivity contribution in [2.75, 3.05) is 19.7 Å². The molecule has 1 saturated heterocycles. The lowest BCUT2D eigenvalue weighted by atomic mass is 9.87. The lowest BCUT2D eigenvalue weighted by molar-refractivity contribution is -0.136. The smallest absolute Gasteiger partial charge is 0.242 e. The molecule has 35 heavy (non-hydrogen) atoms. The van der Waals surface area contributed by atoms with Crippen LogP contribution >= 0.6 is 23.2 Å². The van der Waals surface area contributed by atoms with E-state index in [1.165, 1.54) is 11.1 Å². The molecular formula is C29H32Cl2N2O2. The van der Waals surface area contributed by atoms with Crippen molar-refractivity contribution in [2.45, 2.75) is 44.9 Å². The number of ether oxygens (including phenoxy) is 1. The second-order valence-electron chi connectivity index (χ2n) is 9.14. The van der Waals surface area contributed by atoms with Crippen LogP contribution < -0.4 is 5.32 Å². The second-order valence-corrected chi connectivity index (χ2v) is 9.95. The average Bonchev–Trinajstić information content (AvgIpc) is 2.89.